The summed E-state index contributed by atoms with van der Waals surface area (Å²) in [5, 5.41) is 0.417. The predicted octanol–water partition coefficient (Wildman–Crippen LogP) is 5.68. The van der Waals surface area contributed by atoms with E-state index in [-0.39, 0.29) is 6.61 Å². The van der Waals surface area contributed by atoms with Crippen molar-refractivity contribution in [2.45, 2.75) is 18.7 Å². The van der Waals surface area contributed by atoms with E-state index in [4.69, 9.17) is 27.9 Å². The van der Waals surface area contributed by atoms with Crippen LogP contribution in [0.4, 0.5) is 13.2 Å². The van der Waals surface area contributed by atoms with Gasteiger partial charge in [0.05, 0.1) is 10.6 Å². The van der Waals surface area contributed by atoms with Crippen molar-refractivity contribution >= 4 is 23.2 Å². The first-order valence-electron chi connectivity index (χ1n) is 6.03. The van der Waals surface area contributed by atoms with E-state index in [0.29, 0.717) is 22.2 Å². The van der Waals surface area contributed by atoms with Gasteiger partial charge in [-0.2, -0.15) is 13.2 Å². The maximum absolute atomic E-state index is 12.4. The van der Waals surface area contributed by atoms with Gasteiger partial charge < -0.3 is 4.74 Å². The molecule has 0 aliphatic rings. The fraction of sp³-hybridized carbons (Fsp3) is 0.200. The highest BCUT2D eigenvalue weighted by Crippen LogP contribution is 2.30. The van der Waals surface area contributed by atoms with Crippen LogP contribution in [0.1, 0.15) is 16.7 Å². The molecule has 0 amide bonds. The van der Waals surface area contributed by atoms with Gasteiger partial charge in [-0.3, -0.25) is 0 Å². The maximum Gasteiger partial charge on any atom is 0.416 e. The second kappa shape index (κ2) is 6.58. The Labute approximate surface area is 130 Å². The Balaban J connectivity index is 2.03. The standard InChI is InChI=1S/C15H11Cl2F3O/c16-8-11-3-6-14(13(17)7-11)21-9-10-1-4-12(5-2-10)15(18,19)20/h1-7H,8-9H2. The lowest BCUT2D eigenvalue weighted by atomic mass is 10.1. The summed E-state index contributed by atoms with van der Waals surface area (Å²) in [6.45, 7) is 0.137. The van der Waals surface area contributed by atoms with Crippen LogP contribution in [-0.2, 0) is 18.7 Å². The van der Waals surface area contributed by atoms with Gasteiger partial charge in [-0.15, -0.1) is 11.6 Å². The monoisotopic (exact) mass is 334 g/mol. The van der Waals surface area contributed by atoms with E-state index in [9.17, 15) is 13.2 Å². The van der Waals surface area contributed by atoms with Crippen molar-refractivity contribution < 1.29 is 17.9 Å². The Morgan fingerprint density at radius 1 is 0.952 bits per heavy atom. The molecule has 0 radical (unpaired) electrons. The van der Waals surface area contributed by atoms with E-state index in [1.54, 1.807) is 18.2 Å². The molecule has 0 aliphatic heterocycles. The zero-order valence-corrected chi connectivity index (χ0v) is 12.3. The van der Waals surface area contributed by atoms with Crippen LogP contribution < -0.4 is 4.74 Å². The molecule has 1 nitrogen and oxygen atoms in total. The molecular formula is C15H11Cl2F3O. The van der Waals surface area contributed by atoms with Crippen LogP contribution in [0, 0.1) is 0 Å². The average molecular weight is 335 g/mol. The van der Waals surface area contributed by atoms with E-state index < -0.39 is 11.7 Å². The summed E-state index contributed by atoms with van der Waals surface area (Å²) in [6.07, 6.45) is -4.33. The van der Waals surface area contributed by atoms with E-state index in [0.717, 1.165) is 17.7 Å². The molecule has 2 aromatic carbocycles. The third kappa shape index (κ3) is 4.29. The second-order valence-electron chi connectivity index (χ2n) is 4.38. The Bertz CT molecular complexity index is 609. The van der Waals surface area contributed by atoms with Gasteiger partial charge >= 0.3 is 6.18 Å². The van der Waals surface area contributed by atoms with Crippen molar-refractivity contribution in [1.29, 1.82) is 0 Å². The molecule has 2 rings (SSSR count). The van der Waals surface area contributed by atoms with Crippen LogP contribution in [-0.4, -0.2) is 0 Å². The smallest absolute Gasteiger partial charge is 0.416 e. The second-order valence-corrected chi connectivity index (χ2v) is 5.06. The molecule has 0 N–H and O–H groups in total. The minimum Gasteiger partial charge on any atom is -0.487 e. The van der Waals surface area contributed by atoms with Crippen LogP contribution in [0.2, 0.25) is 5.02 Å². The highest BCUT2D eigenvalue weighted by molar-refractivity contribution is 6.32. The first-order chi connectivity index (χ1) is 9.90. The number of benzene rings is 2. The van der Waals surface area contributed by atoms with Crippen LogP contribution >= 0.6 is 23.2 Å². The summed E-state index contributed by atoms with van der Waals surface area (Å²) >= 11 is 11.7. The van der Waals surface area contributed by atoms with Crippen LogP contribution in [0.3, 0.4) is 0 Å². The zero-order valence-electron chi connectivity index (χ0n) is 10.8. The van der Waals surface area contributed by atoms with Crippen LogP contribution in [0.5, 0.6) is 5.75 Å². The molecule has 0 bridgehead atoms. The Kier molecular flexibility index (Phi) is 5.01. The predicted molar refractivity (Wildman–Crippen MR) is 76.8 cm³/mol. The molecule has 6 heteroatoms. The summed E-state index contributed by atoms with van der Waals surface area (Å²) in [5.41, 5.74) is 0.805. The minimum absolute atomic E-state index is 0.137. The molecule has 0 atom stereocenters. The largest absolute Gasteiger partial charge is 0.487 e. The number of alkyl halides is 4. The molecule has 0 spiro atoms. The van der Waals surface area contributed by atoms with Gasteiger partial charge in [-0.25, -0.2) is 0 Å². The summed E-state index contributed by atoms with van der Waals surface area (Å²) < 4.78 is 42.8. The number of rotatable bonds is 4. The van der Waals surface area contributed by atoms with Gasteiger partial charge in [0.2, 0.25) is 0 Å². The lowest BCUT2D eigenvalue weighted by Crippen LogP contribution is -2.05. The fourth-order valence-corrected chi connectivity index (χ4v) is 2.12. The molecule has 0 saturated carbocycles. The molecule has 2 aromatic rings. The molecular weight excluding hydrogens is 324 g/mol. The fourth-order valence-electron chi connectivity index (χ4n) is 1.70. The van der Waals surface area contributed by atoms with Gasteiger partial charge in [0.1, 0.15) is 12.4 Å². The van der Waals surface area contributed by atoms with Crippen LogP contribution in [0.25, 0.3) is 0 Å². The van der Waals surface area contributed by atoms with Crippen molar-refractivity contribution in [3.05, 3.63) is 64.2 Å². The first kappa shape index (κ1) is 16.0. The molecule has 0 aromatic heterocycles. The number of hydrogen-bond donors (Lipinski definition) is 0. The molecule has 112 valence electrons. The van der Waals surface area contributed by atoms with Crippen LogP contribution in [0.15, 0.2) is 42.5 Å². The molecule has 0 saturated heterocycles. The maximum atomic E-state index is 12.4. The van der Waals surface area contributed by atoms with Gasteiger partial charge in [-0.1, -0.05) is 29.8 Å². The van der Waals surface area contributed by atoms with Gasteiger partial charge in [-0.05, 0) is 35.4 Å². The molecule has 0 fully saturated rings. The molecule has 21 heavy (non-hydrogen) atoms. The average Bonchev–Trinajstić information content (AvgIpc) is 2.45. The van der Waals surface area contributed by atoms with Gasteiger partial charge in [0, 0.05) is 5.88 Å². The van der Waals surface area contributed by atoms with Crippen molar-refractivity contribution in [3.8, 4) is 5.75 Å². The van der Waals surface area contributed by atoms with E-state index in [1.807, 2.05) is 0 Å². The quantitative estimate of drug-likeness (QED) is 0.654. The van der Waals surface area contributed by atoms with E-state index in [2.05, 4.69) is 0 Å². The van der Waals surface area contributed by atoms with Crippen molar-refractivity contribution in [1.82, 2.24) is 0 Å². The van der Waals surface area contributed by atoms with Crippen molar-refractivity contribution in [2.75, 3.05) is 0 Å². The lowest BCUT2D eigenvalue weighted by Gasteiger charge is -2.10. The summed E-state index contributed by atoms with van der Waals surface area (Å²) in [6, 6.07) is 9.96. The Morgan fingerprint density at radius 3 is 2.10 bits per heavy atom. The van der Waals surface area contributed by atoms with Crippen molar-refractivity contribution in [3.63, 3.8) is 0 Å². The molecule has 0 aliphatic carbocycles. The lowest BCUT2D eigenvalue weighted by molar-refractivity contribution is -0.137. The Morgan fingerprint density at radius 2 is 1.57 bits per heavy atom. The van der Waals surface area contributed by atoms with E-state index in [1.165, 1.54) is 12.1 Å². The van der Waals surface area contributed by atoms with Gasteiger partial charge in [0.25, 0.3) is 0 Å². The number of hydrogen-bond acceptors (Lipinski definition) is 1. The normalized spacial score (nSPS) is 11.5. The highest BCUT2D eigenvalue weighted by Gasteiger charge is 2.29. The molecule has 0 heterocycles. The SMILES string of the molecule is FC(F)(F)c1ccc(COc2ccc(CCl)cc2Cl)cc1. The van der Waals surface area contributed by atoms with E-state index >= 15 is 0 Å². The summed E-state index contributed by atoms with van der Waals surface area (Å²) in [4.78, 5) is 0. The zero-order chi connectivity index (χ0) is 15.5. The third-order valence-electron chi connectivity index (χ3n) is 2.83. The van der Waals surface area contributed by atoms with Gasteiger partial charge in [0.15, 0.2) is 0 Å². The summed E-state index contributed by atoms with van der Waals surface area (Å²) in [7, 11) is 0. The minimum atomic E-state index is -4.33. The van der Waals surface area contributed by atoms with Crippen molar-refractivity contribution in [2.24, 2.45) is 0 Å². The third-order valence-corrected chi connectivity index (χ3v) is 3.43. The number of ether oxygens (including phenoxy) is 1. The first-order valence-corrected chi connectivity index (χ1v) is 6.94. The number of halogens is 5. The molecule has 0 unspecified atom stereocenters. The summed E-state index contributed by atoms with van der Waals surface area (Å²) in [5.74, 6) is 0.809. The topological polar surface area (TPSA) is 9.23 Å². The Hall–Kier alpha value is -1.39. The highest BCUT2D eigenvalue weighted by atomic mass is 35.5.